The van der Waals surface area contributed by atoms with Gasteiger partial charge in [0.2, 0.25) is 10.0 Å². The van der Waals surface area contributed by atoms with Gasteiger partial charge < -0.3 is 5.32 Å². The van der Waals surface area contributed by atoms with Gasteiger partial charge in [-0.3, -0.25) is 4.79 Å². The van der Waals surface area contributed by atoms with Crippen molar-refractivity contribution in [1.82, 2.24) is 5.32 Å². The van der Waals surface area contributed by atoms with Crippen molar-refractivity contribution < 1.29 is 13.2 Å². The first-order chi connectivity index (χ1) is 9.68. The van der Waals surface area contributed by atoms with Gasteiger partial charge in [0.1, 0.15) is 0 Å². The summed E-state index contributed by atoms with van der Waals surface area (Å²) in [5, 5.41) is 8.27. The lowest BCUT2D eigenvalue weighted by atomic mass is 9.74. The molecule has 1 aromatic carbocycles. The number of aryl methyl sites for hydroxylation is 2. The Morgan fingerprint density at radius 3 is 2.33 bits per heavy atom. The Morgan fingerprint density at radius 1 is 1.29 bits per heavy atom. The van der Waals surface area contributed by atoms with Gasteiger partial charge in [-0.2, -0.15) is 0 Å². The zero-order chi connectivity index (χ0) is 15.8. The van der Waals surface area contributed by atoms with Crippen LogP contribution in [0.4, 0.5) is 0 Å². The van der Waals surface area contributed by atoms with Gasteiger partial charge in [0.25, 0.3) is 5.91 Å². The maximum Gasteiger partial charge on any atom is 0.252 e. The summed E-state index contributed by atoms with van der Waals surface area (Å²) in [6.07, 6.45) is 3.94. The molecule has 0 unspecified atom stereocenters. The van der Waals surface area contributed by atoms with Crippen LogP contribution in [0.3, 0.4) is 0 Å². The predicted molar refractivity (Wildman–Crippen MR) is 81.6 cm³/mol. The molecule has 0 radical (unpaired) electrons. The van der Waals surface area contributed by atoms with Crippen molar-refractivity contribution in [3.05, 3.63) is 28.8 Å². The Morgan fingerprint density at radius 2 is 1.90 bits per heavy atom. The molecule has 5 nitrogen and oxygen atoms in total. The topological polar surface area (TPSA) is 89.3 Å². The summed E-state index contributed by atoms with van der Waals surface area (Å²) in [4.78, 5) is 12.5. The number of benzene rings is 1. The molecule has 0 spiro atoms. The summed E-state index contributed by atoms with van der Waals surface area (Å²) < 4.78 is 23.2. The maximum atomic E-state index is 12.5. The van der Waals surface area contributed by atoms with Crippen molar-refractivity contribution in [1.29, 1.82) is 0 Å². The molecule has 6 heteroatoms. The van der Waals surface area contributed by atoms with Crippen LogP contribution in [0.1, 0.15) is 54.1 Å². The molecule has 116 valence electrons. The number of amides is 1. The van der Waals surface area contributed by atoms with Gasteiger partial charge in [0.05, 0.1) is 4.90 Å². The SMILES string of the molecule is CCC1(NC(=O)c2cc(S(N)(=O)=O)c(C)cc2C)CCC1. The number of rotatable bonds is 4. The lowest BCUT2D eigenvalue weighted by Crippen LogP contribution is -2.53. The van der Waals surface area contributed by atoms with Crippen molar-refractivity contribution in [2.45, 2.75) is 56.9 Å². The number of nitrogens with two attached hydrogens (primary N) is 1. The number of nitrogens with one attached hydrogen (secondary N) is 1. The van der Waals surface area contributed by atoms with Gasteiger partial charge in [-0.25, -0.2) is 13.6 Å². The van der Waals surface area contributed by atoms with E-state index in [1.54, 1.807) is 19.9 Å². The second-order valence-electron chi connectivity index (χ2n) is 5.92. The molecule has 0 atom stereocenters. The summed E-state index contributed by atoms with van der Waals surface area (Å²) >= 11 is 0. The minimum Gasteiger partial charge on any atom is -0.347 e. The van der Waals surface area contributed by atoms with Gasteiger partial charge >= 0.3 is 0 Å². The second-order valence-corrected chi connectivity index (χ2v) is 7.45. The predicted octanol–water partition coefficient (Wildman–Crippen LogP) is 2.01. The third-order valence-electron chi connectivity index (χ3n) is 4.44. The van der Waals surface area contributed by atoms with Crippen LogP contribution in [0.25, 0.3) is 0 Å². The summed E-state index contributed by atoms with van der Waals surface area (Å²) in [6.45, 7) is 5.53. The Kier molecular flexibility index (Phi) is 4.13. The number of carbonyl (C=O) groups is 1. The Balaban J connectivity index is 2.37. The minimum atomic E-state index is -3.83. The quantitative estimate of drug-likeness (QED) is 0.891. The highest BCUT2D eigenvalue weighted by Crippen LogP contribution is 2.35. The van der Waals surface area contributed by atoms with Crippen LogP contribution in [0, 0.1) is 13.8 Å². The molecule has 1 amide bonds. The minimum absolute atomic E-state index is 0.0115. The standard InChI is InChI=1S/C15H22N2O3S/c1-4-15(6-5-7-15)17-14(18)12-9-13(21(16,19)20)11(3)8-10(12)2/h8-9H,4-7H2,1-3H3,(H,17,18)(H2,16,19,20). The smallest absolute Gasteiger partial charge is 0.252 e. The van der Waals surface area contributed by atoms with Crippen LogP contribution in [-0.2, 0) is 10.0 Å². The fourth-order valence-electron chi connectivity index (χ4n) is 2.86. The molecule has 1 aromatic rings. The van der Waals surface area contributed by atoms with E-state index in [1.807, 2.05) is 0 Å². The number of carbonyl (C=O) groups excluding carboxylic acids is 1. The van der Waals surface area contributed by atoms with E-state index >= 15 is 0 Å². The molecule has 1 aliphatic rings. The third kappa shape index (κ3) is 3.11. The van der Waals surface area contributed by atoms with E-state index in [4.69, 9.17) is 5.14 Å². The average molecular weight is 310 g/mol. The zero-order valence-electron chi connectivity index (χ0n) is 12.7. The lowest BCUT2D eigenvalue weighted by molar-refractivity contribution is 0.0819. The average Bonchev–Trinajstić information content (AvgIpc) is 2.31. The van der Waals surface area contributed by atoms with Crippen LogP contribution >= 0.6 is 0 Å². The maximum absolute atomic E-state index is 12.5. The summed E-state index contributed by atoms with van der Waals surface area (Å²) in [5.41, 5.74) is 1.56. The van der Waals surface area contributed by atoms with E-state index < -0.39 is 10.0 Å². The zero-order valence-corrected chi connectivity index (χ0v) is 13.5. The van der Waals surface area contributed by atoms with Crippen LogP contribution in [0.5, 0.6) is 0 Å². The molecular weight excluding hydrogens is 288 g/mol. The van der Waals surface area contributed by atoms with E-state index in [2.05, 4.69) is 12.2 Å². The van der Waals surface area contributed by atoms with Crippen LogP contribution < -0.4 is 10.5 Å². The van der Waals surface area contributed by atoms with Crippen molar-refractivity contribution >= 4 is 15.9 Å². The van der Waals surface area contributed by atoms with Crippen molar-refractivity contribution in [3.8, 4) is 0 Å². The first-order valence-electron chi connectivity index (χ1n) is 7.15. The van der Waals surface area contributed by atoms with E-state index in [0.717, 1.165) is 31.2 Å². The molecule has 3 N–H and O–H groups in total. The highest BCUT2D eigenvalue weighted by Gasteiger charge is 2.37. The Bertz CT molecular complexity index is 671. The summed E-state index contributed by atoms with van der Waals surface area (Å²) in [7, 11) is -3.83. The summed E-state index contributed by atoms with van der Waals surface area (Å²) in [6, 6.07) is 3.07. The molecule has 21 heavy (non-hydrogen) atoms. The largest absolute Gasteiger partial charge is 0.347 e. The third-order valence-corrected chi connectivity index (χ3v) is 5.49. The number of hydrogen-bond donors (Lipinski definition) is 2. The van der Waals surface area contributed by atoms with E-state index in [1.165, 1.54) is 6.07 Å². The molecule has 1 fully saturated rings. The molecule has 1 aliphatic carbocycles. The molecule has 2 rings (SSSR count). The van der Waals surface area contributed by atoms with Crippen LogP contribution in [-0.4, -0.2) is 19.9 Å². The molecule has 0 heterocycles. The second kappa shape index (κ2) is 5.42. The Labute approximate surface area is 126 Å². The number of hydrogen-bond acceptors (Lipinski definition) is 3. The van der Waals surface area contributed by atoms with Gasteiger partial charge in [0.15, 0.2) is 0 Å². The van der Waals surface area contributed by atoms with Gasteiger partial charge in [-0.1, -0.05) is 13.0 Å². The summed E-state index contributed by atoms with van der Waals surface area (Å²) in [5.74, 6) is -0.223. The highest BCUT2D eigenvalue weighted by atomic mass is 32.2. The van der Waals surface area contributed by atoms with E-state index in [0.29, 0.717) is 11.1 Å². The number of sulfonamides is 1. The van der Waals surface area contributed by atoms with E-state index in [-0.39, 0.29) is 16.3 Å². The lowest BCUT2D eigenvalue weighted by Gasteiger charge is -2.42. The molecule has 0 saturated heterocycles. The van der Waals surface area contributed by atoms with Crippen LogP contribution in [0.15, 0.2) is 17.0 Å². The Hall–Kier alpha value is -1.40. The van der Waals surface area contributed by atoms with Gasteiger partial charge in [0, 0.05) is 11.1 Å². The van der Waals surface area contributed by atoms with Crippen molar-refractivity contribution in [3.63, 3.8) is 0 Å². The molecule has 0 bridgehead atoms. The molecule has 1 saturated carbocycles. The van der Waals surface area contributed by atoms with Crippen molar-refractivity contribution in [2.75, 3.05) is 0 Å². The fourth-order valence-corrected chi connectivity index (χ4v) is 3.65. The first-order valence-corrected chi connectivity index (χ1v) is 8.70. The molecule has 0 aliphatic heterocycles. The molecule has 0 aromatic heterocycles. The van der Waals surface area contributed by atoms with Crippen LogP contribution in [0.2, 0.25) is 0 Å². The first kappa shape index (κ1) is 16.0. The monoisotopic (exact) mass is 310 g/mol. The van der Waals surface area contributed by atoms with Gasteiger partial charge in [-0.05, 0) is 56.7 Å². The fraction of sp³-hybridized carbons (Fsp3) is 0.533. The van der Waals surface area contributed by atoms with Crippen molar-refractivity contribution in [2.24, 2.45) is 5.14 Å². The normalized spacial score (nSPS) is 17.1. The highest BCUT2D eigenvalue weighted by molar-refractivity contribution is 7.89. The number of primary sulfonamides is 1. The van der Waals surface area contributed by atoms with E-state index in [9.17, 15) is 13.2 Å². The van der Waals surface area contributed by atoms with Gasteiger partial charge in [-0.15, -0.1) is 0 Å². The molecular formula is C15H22N2O3S.